The molecule has 0 fully saturated rings. The molecule has 0 unspecified atom stereocenters. The summed E-state index contributed by atoms with van der Waals surface area (Å²) in [7, 11) is 0. The van der Waals surface area contributed by atoms with Crippen LogP contribution in [0.25, 0.3) is 27.8 Å². The zero-order valence-corrected chi connectivity index (χ0v) is 8.53. The van der Waals surface area contributed by atoms with E-state index in [-0.39, 0.29) is 0 Å². The van der Waals surface area contributed by atoms with Gasteiger partial charge in [-0.1, -0.05) is 42.5 Å². The molecule has 3 aromatic rings. The van der Waals surface area contributed by atoms with E-state index in [1.54, 1.807) is 6.26 Å². The van der Waals surface area contributed by atoms with Gasteiger partial charge < -0.3 is 4.74 Å². The van der Waals surface area contributed by atoms with Crippen molar-refractivity contribution in [2.45, 2.75) is 0 Å². The van der Waals surface area contributed by atoms with Crippen LogP contribution in [0.1, 0.15) is 5.56 Å². The molecule has 1 heteroatoms. The maximum absolute atomic E-state index is 5.21. The topological polar surface area (TPSA) is 9.23 Å². The maximum atomic E-state index is 5.21. The predicted molar refractivity (Wildman–Crippen MR) is 64.6 cm³/mol. The van der Waals surface area contributed by atoms with E-state index in [2.05, 4.69) is 49.1 Å². The van der Waals surface area contributed by atoms with Gasteiger partial charge in [0.15, 0.2) is 0 Å². The van der Waals surface area contributed by atoms with Crippen LogP contribution in [-0.4, -0.2) is 0 Å². The Balaban J connectivity index is 2.45. The molecule has 3 aromatic carbocycles. The van der Waals surface area contributed by atoms with Crippen molar-refractivity contribution in [1.82, 2.24) is 0 Å². The van der Waals surface area contributed by atoms with Gasteiger partial charge in [-0.3, -0.25) is 0 Å². The van der Waals surface area contributed by atoms with Crippen LogP contribution >= 0.6 is 0 Å². The fraction of sp³-hybridized carbons (Fsp3) is 0. The molecule has 0 spiro atoms. The third-order valence-electron chi connectivity index (χ3n) is 3.16. The largest absolute Gasteiger partial charge is 0.480 e. The average Bonchev–Trinajstić information content (AvgIpc) is 2.36. The minimum Gasteiger partial charge on any atom is -0.480 e. The lowest BCUT2D eigenvalue weighted by Crippen LogP contribution is -2.10. The summed E-state index contributed by atoms with van der Waals surface area (Å²) >= 11 is 0. The molecule has 2 radical (unpaired) electrons. The Morgan fingerprint density at radius 2 is 1.62 bits per heavy atom. The third-order valence-corrected chi connectivity index (χ3v) is 3.16. The van der Waals surface area contributed by atoms with Gasteiger partial charge in [0.05, 0.1) is 6.26 Å². The van der Waals surface area contributed by atoms with Gasteiger partial charge in [-0.2, -0.15) is 0 Å². The number of ether oxygens (including phenoxy) is 1. The summed E-state index contributed by atoms with van der Waals surface area (Å²) in [4.78, 5) is 0. The van der Waals surface area contributed by atoms with Crippen molar-refractivity contribution < 1.29 is 4.74 Å². The monoisotopic (exact) mass is 204 g/mol. The molecule has 16 heavy (non-hydrogen) atoms. The quantitative estimate of drug-likeness (QED) is 0.547. The molecular formula is C15H8O. The molecule has 0 aliphatic carbocycles. The molecule has 1 aliphatic rings. The fourth-order valence-corrected chi connectivity index (χ4v) is 2.45. The van der Waals surface area contributed by atoms with Crippen LogP contribution in [0.4, 0.5) is 0 Å². The summed E-state index contributed by atoms with van der Waals surface area (Å²) in [6.07, 6.45) is 1.76. The minimum atomic E-state index is 1.04. The molecular weight excluding hydrogens is 196 g/mol. The van der Waals surface area contributed by atoms with E-state index < -0.39 is 0 Å². The average molecular weight is 204 g/mol. The molecule has 0 bridgehead atoms. The molecule has 0 atom stereocenters. The summed E-state index contributed by atoms with van der Waals surface area (Å²) in [6, 6.07) is 14.8. The molecule has 1 heterocycles. The highest BCUT2D eigenvalue weighted by Crippen LogP contribution is 2.29. The van der Waals surface area contributed by atoms with Gasteiger partial charge in [0.25, 0.3) is 0 Å². The summed E-state index contributed by atoms with van der Waals surface area (Å²) < 4.78 is 5.21. The first-order valence-electron chi connectivity index (χ1n) is 5.29. The summed E-state index contributed by atoms with van der Waals surface area (Å²) in [5.41, 5.74) is 1.04. The van der Waals surface area contributed by atoms with Crippen molar-refractivity contribution in [3.63, 3.8) is 0 Å². The molecule has 0 aromatic heterocycles. The van der Waals surface area contributed by atoms with Gasteiger partial charge >= 0.3 is 0 Å². The smallest absolute Gasteiger partial charge is 0.230 e. The molecule has 4 rings (SSSR count). The van der Waals surface area contributed by atoms with E-state index in [0.717, 1.165) is 10.8 Å². The van der Waals surface area contributed by atoms with Gasteiger partial charge in [0, 0.05) is 16.2 Å². The van der Waals surface area contributed by atoms with Gasteiger partial charge in [-0.25, -0.2) is 0 Å². The first-order valence-corrected chi connectivity index (χ1v) is 5.29. The Morgan fingerprint density at radius 1 is 0.812 bits per heavy atom. The molecule has 0 saturated carbocycles. The van der Waals surface area contributed by atoms with Crippen molar-refractivity contribution in [2.24, 2.45) is 0 Å². The highest BCUT2D eigenvalue weighted by Gasteiger charge is 2.11. The lowest BCUT2D eigenvalue weighted by molar-refractivity contribution is 0.404. The number of rotatable bonds is 0. The van der Waals surface area contributed by atoms with E-state index in [4.69, 9.17) is 4.74 Å². The first kappa shape index (κ1) is 8.17. The zero-order chi connectivity index (χ0) is 10.5. The summed E-state index contributed by atoms with van der Waals surface area (Å²) in [6.45, 7) is 2.94. The number of benzene rings is 3. The van der Waals surface area contributed by atoms with Gasteiger partial charge in [-0.15, -0.1) is 0 Å². The van der Waals surface area contributed by atoms with E-state index in [1.165, 1.54) is 21.5 Å². The first-order chi connectivity index (χ1) is 7.93. The number of hydrogen-bond acceptors (Lipinski definition) is 1. The van der Waals surface area contributed by atoms with Crippen molar-refractivity contribution in [3.8, 4) is 0 Å². The standard InChI is InChI=1S/C15H8O/c1-2-10-4-6-12-8-16-9-13-7-5-11(3-1)14(10)15(12)13/h1-8H. The minimum absolute atomic E-state index is 1.04. The van der Waals surface area contributed by atoms with Crippen molar-refractivity contribution in [1.29, 1.82) is 0 Å². The molecule has 0 N–H and O–H groups in total. The Labute approximate surface area is 92.9 Å². The van der Waals surface area contributed by atoms with Crippen LogP contribution in [0.3, 0.4) is 0 Å². The van der Waals surface area contributed by atoms with Crippen LogP contribution < -0.4 is 5.22 Å². The van der Waals surface area contributed by atoms with Crippen molar-refractivity contribution in [2.75, 3.05) is 0 Å². The van der Waals surface area contributed by atoms with Crippen LogP contribution in [0.5, 0.6) is 0 Å². The molecule has 0 amide bonds. The normalized spacial score (nSPS) is 13.8. The summed E-state index contributed by atoms with van der Waals surface area (Å²) in [5.74, 6) is 0. The second kappa shape index (κ2) is 2.76. The van der Waals surface area contributed by atoms with Crippen molar-refractivity contribution in [3.05, 3.63) is 59.9 Å². The predicted octanol–water partition coefficient (Wildman–Crippen LogP) is 2.87. The molecule has 0 saturated heterocycles. The molecule has 1 nitrogen and oxygen atoms in total. The maximum Gasteiger partial charge on any atom is 0.230 e. The van der Waals surface area contributed by atoms with Gasteiger partial charge in [-0.05, 0) is 16.2 Å². The fourth-order valence-electron chi connectivity index (χ4n) is 2.45. The zero-order valence-electron chi connectivity index (χ0n) is 8.53. The SMILES string of the molecule is [C]1OC=c2ccc3cccc4ccc1c2c43. The van der Waals surface area contributed by atoms with Gasteiger partial charge in [0.1, 0.15) is 0 Å². The van der Waals surface area contributed by atoms with Crippen LogP contribution in [0, 0.1) is 6.61 Å². The summed E-state index contributed by atoms with van der Waals surface area (Å²) in [5, 5.41) is 6.25. The molecule has 1 aliphatic heterocycles. The van der Waals surface area contributed by atoms with Gasteiger partial charge in [0.2, 0.25) is 6.61 Å². The Morgan fingerprint density at radius 3 is 2.50 bits per heavy atom. The highest BCUT2D eigenvalue weighted by atomic mass is 16.5. The highest BCUT2D eigenvalue weighted by molar-refractivity contribution is 6.11. The van der Waals surface area contributed by atoms with Crippen LogP contribution in [0.15, 0.2) is 42.5 Å². The van der Waals surface area contributed by atoms with Crippen LogP contribution in [0.2, 0.25) is 0 Å². The van der Waals surface area contributed by atoms with E-state index in [0.29, 0.717) is 0 Å². The second-order valence-corrected chi connectivity index (χ2v) is 4.06. The third kappa shape index (κ3) is 0.904. The lowest BCUT2D eigenvalue weighted by atomic mass is 9.95. The molecule has 74 valence electrons. The van der Waals surface area contributed by atoms with Crippen molar-refractivity contribution >= 4 is 27.8 Å². The van der Waals surface area contributed by atoms with E-state index >= 15 is 0 Å². The Kier molecular flexibility index (Phi) is 1.41. The van der Waals surface area contributed by atoms with Crippen LogP contribution in [-0.2, 0) is 4.74 Å². The Hall–Kier alpha value is -2.02. The Bertz CT molecular complexity index is 740. The van der Waals surface area contributed by atoms with E-state index in [9.17, 15) is 0 Å². The lowest BCUT2D eigenvalue weighted by Gasteiger charge is -2.13. The number of hydrogen-bond donors (Lipinski definition) is 0. The second-order valence-electron chi connectivity index (χ2n) is 4.06. The van der Waals surface area contributed by atoms with E-state index in [1.807, 2.05) is 0 Å².